The smallest absolute Gasteiger partial charge is 0.335 e. The second-order valence-electron chi connectivity index (χ2n) is 4.66. The molecular weight excluding hydrogens is 278 g/mol. The largest absolute Gasteiger partial charge is 0.478 e. The first-order valence-electron chi connectivity index (χ1n) is 6.21. The van der Waals surface area contributed by atoms with E-state index in [9.17, 15) is 4.79 Å². The molecule has 102 valence electrons. The number of carboxylic acid groups (broad SMARTS) is 1. The first kappa shape index (κ1) is 12.9. The van der Waals surface area contributed by atoms with Crippen molar-refractivity contribution in [2.24, 2.45) is 0 Å². The molecule has 0 amide bonds. The highest BCUT2D eigenvalue weighted by atomic mass is 35.5. The third kappa shape index (κ3) is 2.44. The maximum absolute atomic E-state index is 11.0. The number of aromatic nitrogens is 2. The summed E-state index contributed by atoms with van der Waals surface area (Å²) in [6, 6.07) is 5.26. The van der Waals surface area contributed by atoms with E-state index in [0.29, 0.717) is 23.1 Å². The minimum Gasteiger partial charge on any atom is -0.478 e. The zero-order valence-electron chi connectivity index (χ0n) is 10.6. The summed E-state index contributed by atoms with van der Waals surface area (Å²) in [7, 11) is 0. The van der Waals surface area contributed by atoms with Gasteiger partial charge in [0.2, 0.25) is 0 Å². The van der Waals surface area contributed by atoms with E-state index >= 15 is 0 Å². The van der Waals surface area contributed by atoms with Crippen LogP contribution in [0.3, 0.4) is 0 Å². The van der Waals surface area contributed by atoms with Gasteiger partial charge in [-0.05, 0) is 29.7 Å². The van der Waals surface area contributed by atoms with Gasteiger partial charge in [0.1, 0.15) is 11.0 Å². The molecule has 0 saturated carbocycles. The summed E-state index contributed by atoms with van der Waals surface area (Å²) in [5, 5.41) is 9.41. The zero-order chi connectivity index (χ0) is 14.1. The van der Waals surface area contributed by atoms with Crippen LogP contribution in [0, 0.1) is 0 Å². The van der Waals surface area contributed by atoms with Gasteiger partial charge in [0.05, 0.1) is 18.0 Å². The Kier molecular flexibility index (Phi) is 3.28. The summed E-state index contributed by atoms with van der Waals surface area (Å²) in [4.78, 5) is 21.3. The van der Waals surface area contributed by atoms with Crippen molar-refractivity contribution >= 4 is 23.4 Å². The monoisotopic (exact) mass is 289 g/mol. The number of hydrogen-bond acceptors (Lipinski definition) is 4. The second kappa shape index (κ2) is 5.09. The third-order valence-corrected chi connectivity index (χ3v) is 3.56. The van der Waals surface area contributed by atoms with Gasteiger partial charge < -0.3 is 10.0 Å². The topological polar surface area (TPSA) is 66.3 Å². The van der Waals surface area contributed by atoms with Crippen molar-refractivity contribution in [3.05, 3.63) is 52.4 Å². The molecule has 20 heavy (non-hydrogen) atoms. The molecule has 0 fully saturated rings. The quantitative estimate of drug-likeness (QED) is 0.919. The van der Waals surface area contributed by atoms with E-state index in [1.807, 2.05) is 11.0 Å². The number of benzene rings is 1. The Labute approximate surface area is 120 Å². The van der Waals surface area contributed by atoms with Crippen molar-refractivity contribution in [3.63, 3.8) is 0 Å². The zero-order valence-corrected chi connectivity index (χ0v) is 11.3. The number of aromatic carboxylic acids is 1. The van der Waals surface area contributed by atoms with Crippen LogP contribution in [0.5, 0.6) is 0 Å². The highest BCUT2D eigenvalue weighted by Gasteiger charge is 2.19. The summed E-state index contributed by atoms with van der Waals surface area (Å²) in [6.45, 7) is 1.43. The van der Waals surface area contributed by atoms with Gasteiger partial charge in [-0.15, -0.1) is 0 Å². The van der Waals surface area contributed by atoms with Gasteiger partial charge in [0.15, 0.2) is 0 Å². The normalized spacial score (nSPS) is 13.9. The molecule has 0 bridgehead atoms. The van der Waals surface area contributed by atoms with Crippen molar-refractivity contribution in [2.45, 2.75) is 13.0 Å². The molecule has 0 spiro atoms. The van der Waals surface area contributed by atoms with Crippen molar-refractivity contribution < 1.29 is 9.90 Å². The van der Waals surface area contributed by atoms with Crippen LogP contribution in [0.4, 0.5) is 5.82 Å². The Balaban J connectivity index is 1.91. The van der Waals surface area contributed by atoms with Gasteiger partial charge in [-0.2, -0.15) is 0 Å². The Morgan fingerprint density at radius 2 is 2.15 bits per heavy atom. The van der Waals surface area contributed by atoms with Gasteiger partial charge in [-0.1, -0.05) is 17.7 Å². The fourth-order valence-corrected chi connectivity index (χ4v) is 2.51. The summed E-state index contributed by atoms with van der Waals surface area (Å²) in [6.07, 6.45) is 4.01. The van der Waals surface area contributed by atoms with Crippen LogP contribution in [0.25, 0.3) is 0 Å². The summed E-state index contributed by atoms with van der Waals surface area (Å²) in [5.74, 6) is -0.198. The van der Waals surface area contributed by atoms with Crippen LogP contribution >= 0.6 is 11.6 Å². The minimum atomic E-state index is -0.910. The van der Waals surface area contributed by atoms with E-state index in [4.69, 9.17) is 16.7 Å². The predicted molar refractivity (Wildman–Crippen MR) is 75.2 cm³/mol. The van der Waals surface area contributed by atoms with E-state index < -0.39 is 5.97 Å². The molecule has 1 N–H and O–H groups in total. The number of carbonyl (C=O) groups is 1. The number of nitrogens with zero attached hydrogens (tertiary/aromatic N) is 3. The first-order chi connectivity index (χ1) is 9.63. The second-order valence-corrected chi connectivity index (χ2v) is 5.05. The van der Waals surface area contributed by atoms with Gasteiger partial charge in [0, 0.05) is 13.1 Å². The fourth-order valence-electron chi connectivity index (χ4n) is 2.37. The number of hydrogen-bond donors (Lipinski definition) is 1. The van der Waals surface area contributed by atoms with Gasteiger partial charge >= 0.3 is 5.97 Å². The summed E-state index contributed by atoms with van der Waals surface area (Å²) in [5.41, 5.74) is 2.50. The van der Waals surface area contributed by atoms with E-state index in [-0.39, 0.29) is 0 Å². The molecule has 2 aromatic rings. The number of halogens is 1. The Morgan fingerprint density at radius 3 is 2.90 bits per heavy atom. The molecule has 2 heterocycles. The predicted octanol–water partition coefficient (Wildman–Crippen LogP) is 2.39. The molecule has 1 aliphatic heterocycles. The molecule has 6 heteroatoms. The lowest BCUT2D eigenvalue weighted by Crippen LogP contribution is -2.31. The molecule has 0 aliphatic carbocycles. The lowest BCUT2D eigenvalue weighted by Gasteiger charge is -2.29. The fraction of sp³-hybridized carbons (Fsp3) is 0.214. The molecule has 5 nitrogen and oxygen atoms in total. The summed E-state index contributed by atoms with van der Waals surface area (Å²) >= 11 is 5.85. The third-order valence-electron chi connectivity index (χ3n) is 3.38. The molecule has 1 aliphatic rings. The van der Waals surface area contributed by atoms with Crippen molar-refractivity contribution in [1.82, 2.24) is 9.97 Å². The number of carboxylic acids is 1. The average Bonchev–Trinajstić information content (AvgIpc) is 2.46. The Morgan fingerprint density at radius 1 is 1.30 bits per heavy atom. The maximum atomic E-state index is 11.0. The molecule has 0 saturated heterocycles. The van der Waals surface area contributed by atoms with Crippen LogP contribution in [-0.2, 0) is 13.0 Å². The minimum absolute atomic E-state index is 0.308. The lowest BCUT2D eigenvalue weighted by atomic mass is 9.97. The molecule has 1 aromatic heterocycles. The molecule has 0 unspecified atom stereocenters. The van der Waals surface area contributed by atoms with E-state index in [0.717, 1.165) is 18.5 Å². The van der Waals surface area contributed by atoms with Crippen LogP contribution in [0.1, 0.15) is 21.5 Å². The molecular formula is C14H12ClN3O2. The standard InChI is InChI=1S/C14H12ClN3O2/c15-12-6-16-7-13(17-12)18-4-3-9-1-2-10(14(19)20)5-11(9)8-18/h1-2,5-7H,3-4,8H2,(H,19,20). The van der Waals surface area contributed by atoms with E-state index in [2.05, 4.69) is 9.97 Å². The van der Waals surface area contributed by atoms with Crippen LogP contribution in [0.15, 0.2) is 30.6 Å². The Bertz CT molecular complexity index is 675. The SMILES string of the molecule is O=C(O)c1ccc2c(c1)CN(c1cncc(Cl)n1)CC2. The van der Waals surface area contributed by atoms with Crippen LogP contribution < -0.4 is 4.90 Å². The molecule has 0 atom stereocenters. The molecule has 3 rings (SSSR count). The molecule has 1 aromatic carbocycles. The van der Waals surface area contributed by atoms with Crippen LogP contribution in [-0.4, -0.2) is 27.6 Å². The number of fused-ring (bicyclic) bond motifs is 1. The van der Waals surface area contributed by atoms with E-state index in [1.54, 1.807) is 18.3 Å². The average molecular weight is 290 g/mol. The summed E-state index contributed by atoms with van der Waals surface area (Å²) < 4.78 is 0. The van der Waals surface area contributed by atoms with Crippen molar-refractivity contribution in [1.29, 1.82) is 0 Å². The van der Waals surface area contributed by atoms with Gasteiger partial charge in [-0.25, -0.2) is 9.78 Å². The maximum Gasteiger partial charge on any atom is 0.335 e. The van der Waals surface area contributed by atoms with E-state index in [1.165, 1.54) is 11.8 Å². The molecule has 0 radical (unpaired) electrons. The van der Waals surface area contributed by atoms with Gasteiger partial charge in [0.25, 0.3) is 0 Å². The number of anilines is 1. The van der Waals surface area contributed by atoms with Crippen molar-refractivity contribution in [3.8, 4) is 0 Å². The highest BCUT2D eigenvalue weighted by Crippen LogP contribution is 2.24. The van der Waals surface area contributed by atoms with Gasteiger partial charge in [-0.3, -0.25) is 4.98 Å². The first-order valence-corrected chi connectivity index (χ1v) is 6.59. The van der Waals surface area contributed by atoms with Crippen LogP contribution in [0.2, 0.25) is 5.15 Å². The van der Waals surface area contributed by atoms with Crippen molar-refractivity contribution in [2.75, 3.05) is 11.4 Å². The lowest BCUT2D eigenvalue weighted by molar-refractivity contribution is 0.0696. The number of rotatable bonds is 2. The highest BCUT2D eigenvalue weighted by molar-refractivity contribution is 6.29. The Hall–Kier alpha value is -2.14.